The molecule has 0 aromatic heterocycles. The number of rotatable bonds is 7. The fourth-order valence-electron chi connectivity index (χ4n) is 1.56. The number of nitrogens with two attached hydrogens (primary N) is 1. The van der Waals surface area contributed by atoms with Gasteiger partial charge in [-0.1, -0.05) is 6.08 Å². The van der Waals surface area contributed by atoms with Crippen molar-refractivity contribution >= 4 is 31.6 Å². The minimum Gasteiger partial charge on any atom is -0.399 e. The molecule has 0 amide bonds. The van der Waals surface area contributed by atoms with E-state index in [1.807, 2.05) is 0 Å². The van der Waals surface area contributed by atoms with Crippen molar-refractivity contribution in [2.45, 2.75) is 4.90 Å². The second-order valence-corrected chi connectivity index (χ2v) is 6.72. The van der Waals surface area contributed by atoms with Gasteiger partial charge >= 0.3 is 0 Å². The third kappa shape index (κ3) is 3.78. The second kappa shape index (κ2) is 7.16. The number of hydrogen-bond donors (Lipinski definition) is 1. The Morgan fingerprint density at radius 2 is 2.20 bits per heavy atom. The van der Waals surface area contributed by atoms with Gasteiger partial charge in [-0.05, 0) is 28.1 Å². The number of ether oxygens (including phenoxy) is 1. The van der Waals surface area contributed by atoms with E-state index in [1.54, 1.807) is 0 Å². The van der Waals surface area contributed by atoms with Crippen molar-refractivity contribution in [3.05, 3.63) is 35.1 Å². The van der Waals surface area contributed by atoms with Crippen LogP contribution in [0, 0.1) is 5.82 Å². The summed E-state index contributed by atoms with van der Waals surface area (Å²) in [6, 6.07) is 2.40. The van der Waals surface area contributed by atoms with Crippen molar-refractivity contribution in [3.8, 4) is 0 Å². The Morgan fingerprint density at radius 3 is 2.75 bits per heavy atom. The molecule has 2 N–H and O–H groups in total. The van der Waals surface area contributed by atoms with Crippen LogP contribution in [-0.2, 0) is 14.8 Å². The van der Waals surface area contributed by atoms with E-state index in [0.717, 1.165) is 10.4 Å². The molecule has 0 bridgehead atoms. The molecule has 0 aliphatic heterocycles. The number of benzene rings is 1. The Morgan fingerprint density at radius 1 is 1.55 bits per heavy atom. The van der Waals surface area contributed by atoms with E-state index in [2.05, 4.69) is 22.5 Å². The number of anilines is 1. The highest BCUT2D eigenvalue weighted by Crippen LogP contribution is 2.28. The lowest BCUT2D eigenvalue weighted by Crippen LogP contribution is -2.34. The van der Waals surface area contributed by atoms with Crippen molar-refractivity contribution in [2.75, 3.05) is 32.5 Å². The molecule has 0 aliphatic carbocycles. The van der Waals surface area contributed by atoms with Crippen molar-refractivity contribution in [1.29, 1.82) is 0 Å². The van der Waals surface area contributed by atoms with Gasteiger partial charge in [0.15, 0.2) is 5.82 Å². The summed E-state index contributed by atoms with van der Waals surface area (Å²) >= 11 is 2.95. The Hall–Kier alpha value is -0.960. The third-order valence-electron chi connectivity index (χ3n) is 2.51. The minimum absolute atomic E-state index is 0.00127. The summed E-state index contributed by atoms with van der Waals surface area (Å²) in [4.78, 5) is -0.470. The van der Waals surface area contributed by atoms with E-state index in [1.165, 1.54) is 19.3 Å². The molecular weight excluding hydrogens is 351 g/mol. The quantitative estimate of drug-likeness (QED) is 0.591. The number of methoxy groups -OCH3 is 1. The Kier molecular flexibility index (Phi) is 6.12. The van der Waals surface area contributed by atoms with Gasteiger partial charge in [0.2, 0.25) is 10.0 Å². The maximum absolute atomic E-state index is 14.0. The van der Waals surface area contributed by atoms with Crippen molar-refractivity contribution in [1.82, 2.24) is 4.31 Å². The van der Waals surface area contributed by atoms with Gasteiger partial charge in [0, 0.05) is 25.9 Å². The van der Waals surface area contributed by atoms with E-state index < -0.39 is 20.7 Å². The highest BCUT2D eigenvalue weighted by molar-refractivity contribution is 9.10. The SMILES string of the molecule is C=CCN(CCOC)S(=O)(=O)c1cc(N)cc(Br)c1F. The van der Waals surface area contributed by atoms with E-state index in [0.29, 0.717) is 0 Å². The fraction of sp³-hybridized carbons (Fsp3) is 0.333. The average molecular weight is 367 g/mol. The summed E-state index contributed by atoms with van der Waals surface area (Å²) in [7, 11) is -2.56. The molecule has 1 rings (SSSR count). The lowest BCUT2D eigenvalue weighted by Gasteiger charge is -2.21. The minimum atomic E-state index is -4.01. The zero-order chi connectivity index (χ0) is 15.3. The Balaban J connectivity index is 3.28. The van der Waals surface area contributed by atoms with E-state index in [9.17, 15) is 12.8 Å². The first-order valence-electron chi connectivity index (χ1n) is 5.69. The lowest BCUT2D eigenvalue weighted by molar-refractivity contribution is 0.182. The van der Waals surface area contributed by atoms with Crippen LogP contribution < -0.4 is 5.73 Å². The smallest absolute Gasteiger partial charge is 0.246 e. The summed E-state index contributed by atoms with van der Waals surface area (Å²) < 4.78 is 44.9. The maximum Gasteiger partial charge on any atom is 0.246 e. The van der Waals surface area contributed by atoms with Crippen LogP contribution >= 0.6 is 15.9 Å². The molecule has 0 atom stereocenters. The Labute approximate surface area is 126 Å². The van der Waals surface area contributed by atoms with Gasteiger partial charge in [0.25, 0.3) is 0 Å². The van der Waals surface area contributed by atoms with Gasteiger partial charge in [-0.15, -0.1) is 6.58 Å². The molecule has 0 spiro atoms. The molecule has 20 heavy (non-hydrogen) atoms. The van der Waals surface area contributed by atoms with Crippen LogP contribution in [0.5, 0.6) is 0 Å². The molecule has 0 fully saturated rings. The largest absolute Gasteiger partial charge is 0.399 e. The van der Waals surface area contributed by atoms with Crippen LogP contribution in [0.3, 0.4) is 0 Å². The molecule has 1 aromatic rings. The summed E-state index contributed by atoms with van der Waals surface area (Å²) in [6.45, 7) is 3.84. The van der Waals surface area contributed by atoms with E-state index in [-0.39, 0.29) is 29.9 Å². The van der Waals surface area contributed by atoms with Gasteiger partial charge < -0.3 is 10.5 Å². The molecule has 0 radical (unpaired) electrons. The zero-order valence-corrected chi connectivity index (χ0v) is 13.4. The molecule has 112 valence electrons. The monoisotopic (exact) mass is 366 g/mol. The number of nitrogen functional groups attached to an aromatic ring is 1. The van der Waals surface area contributed by atoms with Crippen LogP contribution in [0.4, 0.5) is 10.1 Å². The number of hydrogen-bond acceptors (Lipinski definition) is 4. The summed E-state index contributed by atoms with van der Waals surface area (Å²) in [5.41, 5.74) is 5.73. The maximum atomic E-state index is 14.0. The van der Waals surface area contributed by atoms with E-state index in [4.69, 9.17) is 10.5 Å². The number of sulfonamides is 1. The van der Waals surface area contributed by atoms with Crippen molar-refractivity contribution in [3.63, 3.8) is 0 Å². The first-order chi connectivity index (χ1) is 9.34. The fourth-order valence-corrected chi connectivity index (χ4v) is 3.68. The first-order valence-corrected chi connectivity index (χ1v) is 7.92. The topological polar surface area (TPSA) is 72.6 Å². The number of halogens is 2. The van der Waals surface area contributed by atoms with Crippen LogP contribution in [0.15, 0.2) is 34.2 Å². The molecule has 1 aromatic carbocycles. The molecular formula is C12H16BrFN2O3S. The van der Waals surface area contributed by atoms with Crippen LogP contribution in [-0.4, -0.2) is 39.5 Å². The summed E-state index contributed by atoms with van der Waals surface area (Å²) in [5, 5.41) is 0. The van der Waals surface area contributed by atoms with E-state index >= 15 is 0 Å². The van der Waals surface area contributed by atoms with Gasteiger partial charge in [-0.3, -0.25) is 0 Å². The highest BCUT2D eigenvalue weighted by Gasteiger charge is 2.28. The highest BCUT2D eigenvalue weighted by atomic mass is 79.9. The second-order valence-electron chi connectivity index (χ2n) is 3.96. The van der Waals surface area contributed by atoms with Gasteiger partial charge in [0.05, 0.1) is 11.1 Å². The van der Waals surface area contributed by atoms with Crippen LogP contribution in [0.2, 0.25) is 0 Å². The number of nitrogens with zero attached hydrogens (tertiary/aromatic N) is 1. The van der Waals surface area contributed by atoms with Crippen molar-refractivity contribution < 1.29 is 17.5 Å². The molecule has 8 heteroatoms. The van der Waals surface area contributed by atoms with Gasteiger partial charge in [-0.2, -0.15) is 4.31 Å². The Bertz CT molecular complexity index is 593. The molecule has 0 aliphatic rings. The normalized spacial score (nSPS) is 11.8. The third-order valence-corrected chi connectivity index (χ3v) is 4.95. The predicted molar refractivity (Wildman–Crippen MR) is 79.3 cm³/mol. The van der Waals surface area contributed by atoms with Crippen LogP contribution in [0.1, 0.15) is 0 Å². The molecule has 0 saturated heterocycles. The predicted octanol–water partition coefficient (Wildman–Crippen LogP) is 1.99. The molecule has 5 nitrogen and oxygen atoms in total. The summed E-state index contributed by atoms with van der Waals surface area (Å²) in [6.07, 6.45) is 1.42. The molecule has 0 heterocycles. The zero-order valence-electron chi connectivity index (χ0n) is 11.0. The van der Waals surface area contributed by atoms with Gasteiger partial charge in [0.1, 0.15) is 4.90 Å². The van der Waals surface area contributed by atoms with Gasteiger partial charge in [-0.25, -0.2) is 12.8 Å². The standard InChI is InChI=1S/C12H16BrFN2O3S/c1-3-4-16(5-6-19-2)20(17,18)11-8-9(15)7-10(13)12(11)14/h3,7-8H,1,4-6,15H2,2H3. The lowest BCUT2D eigenvalue weighted by atomic mass is 10.3. The van der Waals surface area contributed by atoms with Crippen molar-refractivity contribution in [2.24, 2.45) is 0 Å². The molecule has 0 unspecified atom stereocenters. The first kappa shape index (κ1) is 17.1. The average Bonchev–Trinajstić information content (AvgIpc) is 2.38. The molecule has 0 saturated carbocycles. The van der Waals surface area contributed by atoms with Crippen LogP contribution in [0.25, 0.3) is 0 Å². The summed E-state index contributed by atoms with van der Waals surface area (Å²) in [5.74, 6) is -0.870.